The number of benzene rings is 2. The standard InChI is InChI=1S/C16H17F2NO/c1-11(6-12-2-4-14(17)5-3-12)19-10-13-7-15(18)9-16(20)8-13/h2-5,7-9,11,19-20H,6,10H2,1H3. The molecule has 0 aliphatic carbocycles. The van der Waals surface area contributed by atoms with Crippen molar-refractivity contribution in [2.75, 3.05) is 0 Å². The van der Waals surface area contributed by atoms with Crippen molar-refractivity contribution in [2.24, 2.45) is 0 Å². The first-order valence-corrected chi connectivity index (χ1v) is 6.49. The van der Waals surface area contributed by atoms with Gasteiger partial charge in [0.25, 0.3) is 0 Å². The summed E-state index contributed by atoms with van der Waals surface area (Å²) in [5.74, 6) is -0.773. The van der Waals surface area contributed by atoms with E-state index in [1.54, 1.807) is 12.1 Å². The fourth-order valence-corrected chi connectivity index (χ4v) is 2.07. The zero-order valence-electron chi connectivity index (χ0n) is 11.2. The smallest absolute Gasteiger partial charge is 0.127 e. The Hall–Kier alpha value is -1.94. The van der Waals surface area contributed by atoms with Crippen LogP contribution in [0.4, 0.5) is 8.78 Å². The minimum Gasteiger partial charge on any atom is -0.508 e. The highest BCUT2D eigenvalue weighted by atomic mass is 19.1. The fourth-order valence-electron chi connectivity index (χ4n) is 2.07. The molecule has 20 heavy (non-hydrogen) atoms. The van der Waals surface area contributed by atoms with E-state index in [9.17, 15) is 13.9 Å². The number of phenols is 1. The molecule has 1 atom stereocenters. The third kappa shape index (κ3) is 4.31. The second kappa shape index (κ2) is 6.48. The van der Waals surface area contributed by atoms with Gasteiger partial charge in [-0.2, -0.15) is 0 Å². The highest BCUT2D eigenvalue weighted by molar-refractivity contribution is 5.28. The quantitative estimate of drug-likeness (QED) is 0.878. The van der Waals surface area contributed by atoms with Crippen LogP contribution < -0.4 is 5.32 Å². The molecule has 0 fully saturated rings. The highest BCUT2D eigenvalue weighted by Gasteiger charge is 2.05. The summed E-state index contributed by atoms with van der Waals surface area (Å²) >= 11 is 0. The van der Waals surface area contributed by atoms with Gasteiger partial charge in [-0.3, -0.25) is 0 Å². The summed E-state index contributed by atoms with van der Waals surface area (Å²) in [5, 5.41) is 12.6. The molecule has 2 nitrogen and oxygen atoms in total. The van der Waals surface area contributed by atoms with E-state index in [-0.39, 0.29) is 17.6 Å². The molecule has 0 aromatic heterocycles. The highest BCUT2D eigenvalue weighted by Crippen LogP contribution is 2.14. The van der Waals surface area contributed by atoms with Crippen molar-refractivity contribution in [2.45, 2.75) is 25.9 Å². The van der Waals surface area contributed by atoms with Crippen molar-refractivity contribution >= 4 is 0 Å². The van der Waals surface area contributed by atoms with E-state index >= 15 is 0 Å². The molecule has 0 amide bonds. The van der Waals surface area contributed by atoms with Crippen molar-refractivity contribution in [3.63, 3.8) is 0 Å². The molecular weight excluding hydrogens is 260 g/mol. The Balaban J connectivity index is 1.88. The third-order valence-corrected chi connectivity index (χ3v) is 3.05. The summed E-state index contributed by atoms with van der Waals surface area (Å²) < 4.78 is 25.9. The van der Waals surface area contributed by atoms with Crippen molar-refractivity contribution in [3.05, 3.63) is 65.2 Å². The predicted molar refractivity (Wildman–Crippen MR) is 74.5 cm³/mol. The van der Waals surface area contributed by atoms with Crippen LogP contribution in [0.1, 0.15) is 18.1 Å². The van der Waals surface area contributed by atoms with Crippen LogP contribution in [-0.4, -0.2) is 11.1 Å². The molecule has 0 saturated carbocycles. The fraction of sp³-hybridized carbons (Fsp3) is 0.250. The normalized spacial score (nSPS) is 12.3. The molecular formula is C16H17F2NO. The lowest BCUT2D eigenvalue weighted by Gasteiger charge is -2.14. The molecule has 2 rings (SSSR count). The first-order chi connectivity index (χ1) is 9.52. The minimum atomic E-state index is -0.451. The first kappa shape index (κ1) is 14.5. The van der Waals surface area contributed by atoms with Gasteiger partial charge in [-0.05, 0) is 48.7 Å². The number of hydrogen-bond acceptors (Lipinski definition) is 2. The zero-order valence-corrected chi connectivity index (χ0v) is 11.2. The van der Waals surface area contributed by atoms with Crippen LogP contribution >= 0.6 is 0 Å². The van der Waals surface area contributed by atoms with Crippen LogP contribution in [0.5, 0.6) is 5.75 Å². The van der Waals surface area contributed by atoms with Gasteiger partial charge in [0.1, 0.15) is 17.4 Å². The van der Waals surface area contributed by atoms with Crippen molar-refractivity contribution in [3.8, 4) is 5.75 Å². The minimum absolute atomic E-state index is 0.0759. The van der Waals surface area contributed by atoms with Gasteiger partial charge in [0.05, 0.1) is 0 Å². The van der Waals surface area contributed by atoms with Gasteiger partial charge in [0, 0.05) is 18.7 Å². The maximum Gasteiger partial charge on any atom is 0.127 e. The summed E-state index contributed by atoms with van der Waals surface area (Å²) in [4.78, 5) is 0. The third-order valence-electron chi connectivity index (χ3n) is 3.05. The Labute approximate surface area is 117 Å². The molecule has 0 aliphatic rings. The Kier molecular flexibility index (Phi) is 4.69. The lowest BCUT2D eigenvalue weighted by Crippen LogP contribution is -2.27. The molecule has 0 aliphatic heterocycles. The van der Waals surface area contributed by atoms with E-state index in [1.807, 2.05) is 6.92 Å². The number of rotatable bonds is 5. The van der Waals surface area contributed by atoms with Crippen LogP contribution in [0, 0.1) is 11.6 Å². The Morgan fingerprint density at radius 1 is 1.00 bits per heavy atom. The second-order valence-electron chi connectivity index (χ2n) is 4.93. The van der Waals surface area contributed by atoms with Crippen molar-refractivity contribution < 1.29 is 13.9 Å². The molecule has 0 saturated heterocycles. The Bertz CT molecular complexity index is 549. The van der Waals surface area contributed by atoms with Crippen LogP contribution in [0.3, 0.4) is 0 Å². The molecule has 2 aromatic rings. The molecule has 0 spiro atoms. The molecule has 2 aromatic carbocycles. The van der Waals surface area contributed by atoms with E-state index in [2.05, 4.69) is 5.32 Å². The molecule has 0 bridgehead atoms. The average molecular weight is 277 g/mol. The summed E-state index contributed by atoms with van der Waals surface area (Å²) in [6.07, 6.45) is 0.752. The largest absolute Gasteiger partial charge is 0.508 e. The monoisotopic (exact) mass is 277 g/mol. The predicted octanol–water partition coefficient (Wildman–Crippen LogP) is 3.39. The summed E-state index contributed by atoms with van der Waals surface area (Å²) in [6, 6.07) is 10.5. The van der Waals surface area contributed by atoms with Crippen molar-refractivity contribution in [1.29, 1.82) is 0 Å². The average Bonchev–Trinajstić information content (AvgIpc) is 2.38. The molecule has 0 heterocycles. The maximum absolute atomic E-state index is 13.1. The topological polar surface area (TPSA) is 32.3 Å². The van der Waals surface area contributed by atoms with Crippen LogP contribution in [0.15, 0.2) is 42.5 Å². The van der Waals surface area contributed by atoms with Gasteiger partial charge >= 0.3 is 0 Å². The van der Waals surface area contributed by atoms with E-state index in [0.29, 0.717) is 12.1 Å². The van der Waals surface area contributed by atoms with Gasteiger partial charge in [-0.15, -0.1) is 0 Å². The molecule has 4 heteroatoms. The molecule has 0 radical (unpaired) electrons. The summed E-state index contributed by atoms with van der Waals surface area (Å²) in [7, 11) is 0. The number of halogens is 2. The zero-order chi connectivity index (χ0) is 14.5. The molecule has 1 unspecified atom stereocenters. The molecule has 2 N–H and O–H groups in total. The van der Waals surface area contributed by atoms with Gasteiger partial charge in [-0.1, -0.05) is 12.1 Å². The Morgan fingerprint density at radius 2 is 1.70 bits per heavy atom. The lowest BCUT2D eigenvalue weighted by atomic mass is 10.1. The van der Waals surface area contributed by atoms with Crippen LogP contribution in [-0.2, 0) is 13.0 Å². The van der Waals surface area contributed by atoms with Crippen molar-refractivity contribution in [1.82, 2.24) is 5.32 Å². The van der Waals surface area contributed by atoms with E-state index < -0.39 is 5.82 Å². The van der Waals surface area contributed by atoms with Gasteiger partial charge < -0.3 is 10.4 Å². The summed E-state index contributed by atoms with van der Waals surface area (Å²) in [6.45, 7) is 2.47. The molecule has 106 valence electrons. The van der Waals surface area contributed by atoms with E-state index in [1.165, 1.54) is 24.3 Å². The number of nitrogens with one attached hydrogen (secondary N) is 1. The van der Waals surface area contributed by atoms with Crippen LogP contribution in [0.25, 0.3) is 0 Å². The summed E-state index contributed by atoms with van der Waals surface area (Å²) in [5.41, 5.74) is 1.72. The number of phenolic OH excluding ortho intramolecular Hbond substituents is 1. The second-order valence-corrected chi connectivity index (χ2v) is 4.93. The number of hydrogen-bond donors (Lipinski definition) is 2. The SMILES string of the molecule is CC(Cc1ccc(F)cc1)NCc1cc(O)cc(F)c1. The lowest BCUT2D eigenvalue weighted by molar-refractivity contribution is 0.466. The Morgan fingerprint density at radius 3 is 2.35 bits per heavy atom. The number of aromatic hydroxyl groups is 1. The van der Waals surface area contributed by atoms with E-state index in [4.69, 9.17) is 0 Å². The van der Waals surface area contributed by atoms with Gasteiger partial charge in [0.15, 0.2) is 0 Å². The van der Waals surface area contributed by atoms with Crippen LogP contribution in [0.2, 0.25) is 0 Å². The van der Waals surface area contributed by atoms with Gasteiger partial charge in [0.2, 0.25) is 0 Å². The maximum atomic E-state index is 13.1. The van der Waals surface area contributed by atoms with E-state index in [0.717, 1.165) is 18.1 Å². The first-order valence-electron chi connectivity index (χ1n) is 6.49. The van der Waals surface area contributed by atoms with Gasteiger partial charge in [-0.25, -0.2) is 8.78 Å².